The average molecular weight is 442 g/mol. The van der Waals surface area contributed by atoms with Crippen molar-refractivity contribution >= 4 is 34.4 Å². The lowest BCUT2D eigenvalue weighted by Crippen LogP contribution is -2.43. The minimum absolute atomic E-state index is 0.0876. The number of thiophene rings is 1. The summed E-state index contributed by atoms with van der Waals surface area (Å²) in [6, 6.07) is 10.3. The van der Waals surface area contributed by atoms with Crippen molar-refractivity contribution in [3.05, 3.63) is 41.8 Å². The number of carboxylic acid groups (broad SMARTS) is 1. The van der Waals surface area contributed by atoms with Crippen LogP contribution in [-0.4, -0.2) is 56.3 Å². The number of aromatic nitrogens is 2. The van der Waals surface area contributed by atoms with Crippen molar-refractivity contribution in [2.24, 2.45) is 0 Å². The molecule has 1 amide bonds. The molecule has 1 aliphatic rings. The number of carbonyl (C=O) groups excluding carboxylic acids is 1. The minimum Gasteiger partial charge on any atom is -0.480 e. The Bertz CT molecular complexity index is 1110. The third kappa shape index (κ3) is 4.61. The molecule has 162 valence electrons. The van der Waals surface area contributed by atoms with Crippen LogP contribution < -0.4 is 4.74 Å². The number of carbonyl (C=O) groups is 2. The molecule has 8 nitrogen and oxygen atoms in total. The van der Waals surface area contributed by atoms with E-state index in [0.717, 1.165) is 10.4 Å². The highest BCUT2D eigenvalue weighted by molar-refractivity contribution is 7.13. The minimum atomic E-state index is -1.10. The summed E-state index contributed by atoms with van der Waals surface area (Å²) in [5, 5.41) is 11.6. The highest BCUT2D eigenvalue weighted by Crippen LogP contribution is 2.34. The van der Waals surface area contributed by atoms with Crippen molar-refractivity contribution in [3.8, 4) is 16.5 Å². The van der Waals surface area contributed by atoms with Crippen LogP contribution in [0.3, 0.4) is 0 Å². The van der Waals surface area contributed by atoms with Crippen LogP contribution in [0.25, 0.3) is 21.6 Å². The first-order valence-corrected chi connectivity index (χ1v) is 10.8. The molecule has 0 aliphatic carbocycles. The number of rotatable bonds is 4. The number of fused-ring (bicyclic) bond motifs is 1. The summed E-state index contributed by atoms with van der Waals surface area (Å²) in [6.45, 7) is 5.30. The van der Waals surface area contributed by atoms with Crippen LogP contribution in [0.2, 0.25) is 0 Å². The molecule has 3 heterocycles. The molecule has 1 saturated heterocycles. The van der Waals surface area contributed by atoms with Crippen molar-refractivity contribution < 1.29 is 24.2 Å². The van der Waals surface area contributed by atoms with E-state index in [9.17, 15) is 14.7 Å². The number of hydrogen-bond acceptors (Lipinski definition) is 7. The van der Waals surface area contributed by atoms with Gasteiger partial charge in [0, 0.05) is 6.42 Å². The molecule has 2 aromatic heterocycles. The van der Waals surface area contributed by atoms with E-state index in [4.69, 9.17) is 14.5 Å². The van der Waals surface area contributed by atoms with Gasteiger partial charge in [0.1, 0.15) is 23.4 Å². The summed E-state index contributed by atoms with van der Waals surface area (Å²) in [5.74, 6) is -0.777. The first-order valence-electron chi connectivity index (χ1n) is 9.91. The van der Waals surface area contributed by atoms with Crippen LogP contribution in [0.4, 0.5) is 4.79 Å². The Kier molecular flexibility index (Phi) is 5.53. The Labute approximate surface area is 183 Å². The molecule has 3 aromatic rings. The van der Waals surface area contributed by atoms with Gasteiger partial charge in [-0.3, -0.25) is 4.90 Å². The van der Waals surface area contributed by atoms with Gasteiger partial charge >= 0.3 is 12.1 Å². The molecule has 0 radical (unpaired) electrons. The van der Waals surface area contributed by atoms with Crippen molar-refractivity contribution in [3.63, 3.8) is 0 Å². The van der Waals surface area contributed by atoms with E-state index in [1.54, 1.807) is 20.8 Å². The van der Waals surface area contributed by atoms with Gasteiger partial charge in [-0.2, -0.15) is 0 Å². The molecule has 1 aliphatic heterocycles. The predicted molar refractivity (Wildman–Crippen MR) is 116 cm³/mol. The van der Waals surface area contributed by atoms with E-state index < -0.39 is 29.8 Å². The summed E-state index contributed by atoms with van der Waals surface area (Å²) in [7, 11) is 0. The molecule has 0 unspecified atom stereocenters. The van der Waals surface area contributed by atoms with Gasteiger partial charge in [0.25, 0.3) is 0 Å². The number of likely N-dealkylation sites (tertiary alicyclic amines) is 1. The molecule has 9 heteroatoms. The lowest BCUT2D eigenvalue weighted by molar-refractivity contribution is -0.142. The lowest BCUT2D eigenvalue weighted by Gasteiger charge is -2.26. The van der Waals surface area contributed by atoms with Gasteiger partial charge in [0.15, 0.2) is 0 Å². The van der Waals surface area contributed by atoms with Crippen LogP contribution in [0, 0.1) is 0 Å². The quantitative estimate of drug-likeness (QED) is 0.647. The Morgan fingerprint density at radius 1 is 1.13 bits per heavy atom. The van der Waals surface area contributed by atoms with E-state index >= 15 is 0 Å². The van der Waals surface area contributed by atoms with Gasteiger partial charge in [0.2, 0.25) is 5.88 Å². The SMILES string of the molecule is CC(C)(C)OC(=O)N1C[C@H](Oc2nc3ccccc3nc2-c2cccs2)C[C@H]1C(=O)O. The zero-order valence-corrected chi connectivity index (χ0v) is 18.3. The second kappa shape index (κ2) is 8.14. The zero-order chi connectivity index (χ0) is 22.2. The van der Waals surface area contributed by atoms with E-state index in [-0.39, 0.29) is 13.0 Å². The number of hydrogen-bond donors (Lipinski definition) is 1. The largest absolute Gasteiger partial charge is 0.480 e. The van der Waals surface area contributed by atoms with Crippen LogP contribution in [0.1, 0.15) is 27.2 Å². The highest BCUT2D eigenvalue weighted by Gasteiger charge is 2.43. The summed E-state index contributed by atoms with van der Waals surface area (Å²) < 4.78 is 11.5. The van der Waals surface area contributed by atoms with Crippen molar-refractivity contribution in [2.75, 3.05) is 6.54 Å². The predicted octanol–water partition coefficient (Wildman–Crippen LogP) is 4.20. The third-order valence-corrected chi connectivity index (χ3v) is 5.62. The summed E-state index contributed by atoms with van der Waals surface area (Å²) >= 11 is 1.51. The number of nitrogens with zero attached hydrogens (tertiary/aromatic N) is 3. The number of benzene rings is 1. The van der Waals surface area contributed by atoms with Crippen LogP contribution >= 0.6 is 11.3 Å². The fourth-order valence-corrected chi connectivity index (χ4v) is 4.14. The molecule has 1 N–H and O–H groups in total. The third-order valence-electron chi connectivity index (χ3n) is 4.75. The fraction of sp³-hybridized carbons (Fsp3) is 0.364. The van der Waals surface area contributed by atoms with E-state index in [2.05, 4.69) is 4.98 Å². The molecular formula is C22H23N3O5S. The van der Waals surface area contributed by atoms with Gasteiger partial charge in [-0.1, -0.05) is 18.2 Å². The van der Waals surface area contributed by atoms with Crippen LogP contribution in [-0.2, 0) is 9.53 Å². The van der Waals surface area contributed by atoms with Gasteiger partial charge in [-0.05, 0) is 44.4 Å². The van der Waals surface area contributed by atoms with Crippen molar-refractivity contribution in [1.29, 1.82) is 0 Å². The monoisotopic (exact) mass is 441 g/mol. The fourth-order valence-electron chi connectivity index (χ4n) is 3.44. The standard InChI is InChI=1S/C22H23N3O5S/c1-22(2,3)30-21(28)25-12-13(11-16(25)20(26)27)29-19-18(17-9-6-10-31-17)23-14-7-4-5-8-15(14)24-19/h4-10,13,16H,11-12H2,1-3H3,(H,26,27)/t13-,16+/m1/s1. The summed E-state index contributed by atoms with van der Waals surface area (Å²) in [5.41, 5.74) is 1.28. The molecule has 2 atom stereocenters. The maximum atomic E-state index is 12.6. The number of amides is 1. The number of aliphatic carboxylic acids is 1. The first kappa shape index (κ1) is 21.0. The molecule has 1 fully saturated rings. The second-order valence-electron chi connectivity index (χ2n) is 8.31. The normalized spacial score (nSPS) is 18.9. The smallest absolute Gasteiger partial charge is 0.411 e. The van der Waals surface area contributed by atoms with E-state index in [0.29, 0.717) is 17.1 Å². The Morgan fingerprint density at radius 2 is 1.84 bits per heavy atom. The Balaban J connectivity index is 1.63. The summed E-state index contributed by atoms with van der Waals surface area (Å²) in [6.07, 6.45) is -1.09. The average Bonchev–Trinajstić information content (AvgIpc) is 3.36. The molecule has 4 rings (SSSR count). The maximum Gasteiger partial charge on any atom is 0.411 e. The molecule has 0 saturated carbocycles. The zero-order valence-electron chi connectivity index (χ0n) is 17.4. The van der Waals surface area contributed by atoms with Crippen molar-refractivity contribution in [2.45, 2.75) is 44.9 Å². The van der Waals surface area contributed by atoms with Crippen LogP contribution in [0.15, 0.2) is 41.8 Å². The van der Waals surface area contributed by atoms with Gasteiger partial charge < -0.3 is 14.6 Å². The molecular weight excluding hydrogens is 418 g/mol. The van der Waals surface area contributed by atoms with Crippen molar-refractivity contribution in [1.82, 2.24) is 14.9 Å². The second-order valence-corrected chi connectivity index (χ2v) is 9.25. The maximum absolute atomic E-state index is 12.6. The van der Waals surface area contributed by atoms with E-state index in [1.165, 1.54) is 16.2 Å². The molecule has 31 heavy (non-hydrogen) atoms. The molecule has 0 bridgehead atoms. The van der Waals surface area contributed by atoms with Gasteiger partial charge in [-0.25, -0.2) is 19.6 Å². The lowest BCUT2D eigenvalue weighted by atomic mass is 10.2. The Morgan fingerprint density at radius 3 is 2.45 bits per heavy atom. The van der Waals surface area contributed by atoms with Gasteiger partial charge in [0.05, 0.1) is 22.5 Å². The van der Waals surface area contributed by atoms with Gasteiger partial charge in [-0.15, -0.1) is 11.3 Å². The molecule has 0 spiro atoms. The highest BCUT2D eigenvalue weighted by atomic mass is 32.1. The number of carboxylic acids is 1. The van der Waals surface area contributed by atoms with E-state index in [1.807, 2.05) is 41.8 Å². The first-order chi connectivity index (χ1) is 14.7. The summed E-state index contributed by atoms with van der Waals surface area (Å²) in [4.78, 5) is 35.8. The Hall–Kier alpha value is -3.20. The number of ether oxygens (including phenoxy) is 2. The number of para-hydroxylation sites is 2. The molecule has 1 aromatic carbocycles. The topological polar surface area (TPSA) is 102 Å². The van der Waals surface area contributed by atoms with Crippen LogP contribution in [0.5, 0.6) is 5.88 Å².